The van der Waals surface area contributed by atoms with Crippen LogP contribution in [0.2, 0.25) is 0 Å². The second kappa shape index (κ2) is 16.4. The third-order valence-electron chi connectivity index (χ3n) is 13.9. The summed E-state index contributed by atoms with van der Waals surface area (Å²) in [6, 6.07) is 17.3. The summed E-state index contributed by atoms with van der Waals surface area (Å²) in [5, 5.41) is 51.1. The van der Waals surface area contributed by atoms with Crippen molar-refractivity contribution < 1.29 is 34.8 Å². The molecule has 328 valence electrons. The van der Waals surface area contributed by atoms with E-state index in [2.05, 4.69) is 34.1 Å². The summed E-state index contributed by atoms with van der Waals surface area (Å²) in [5.74, 6) is -0.808. The molecule has 62 heavy (non-hydrogen) atoms. The van der Waals surface area contributed by atoms with E-state index in [0.717, 1.165) is 64.7 Å². The minimum absolute atomic E-state index is 0.0310. The standard InChI is InChI=1S/C47H57N7O7S/c1-29-33(19-49-54(29)28-46-23-44(2)22-45(3,24-46)26-47(25-44,27-46)61-18-16-48-15-13-36(56)37(57)21-55)31-11-12-39(51-40(31)42(59)60)53-17-14-30-7-6-8-32(34(30)20-53)41(58)52-43-50-35-9-4-5-10-38(35)62-43/h4-12,19,36-37,48,55-57H,13-18,20-28H2,1-3H3,(H,59,60)(H,50,52,58)/t36-,37+,44?,45?,46?,47?/m0/s1. The van der Waals surface area contributed by atoms with Crippen molar-refractivity contribution >= 4 is 44.4 Å². The number of nitrogens with zero attached hydrogens (tertiary/aromatic N) is 5. The Labute approximate surface area is 365 Å². The molecule has 0 radical (unpaired) electrons. The lowest BCUT2D eigenvalue weighted by molar-refractivity contribution is -0.247. The van der Waals surface area contributed by atoms with Gasteiger partial charge in [-0.2, -0.15) is 5.10 Å². The molecule has 4 bridgehead atoms. The Morgan fingerprint density at radius 2 is 1.71 bits per heavy atom. The number of carbonyl (C=O) groups excluding carboxylic acids is 1. The first-order chi connectivity index (χ1) is 29.7. The van der Waals surface area contributed by atoms with Gasteiger partial charge in [-0.25, -0.2) is 14.8 Å². The third-order valence-corrected chi connectivity index (χ3v) is 14.9. The SMILES string of the molecule is Cc1c(-c2ccc(N3CCc4cccc(C(=O)Nc5nc6ccccc6s5)c4C3)nc2C(=O)O)cnn1CC12CC3(C)CC(C)(C1)CC(OCCNCC[C@H](O)[C@H](O)CO)(C3)C2. The van der Waals surface area contributed by atoms with Gasteiger partial charge in [-0.05, 0) is 123 Å². The van der Waals surface area contributed by atoms with Crippen LogP contribution >= 0.6 is 11.3 Å². The zero-order chi connectivity index (χ0) is 43.4. The van der Waals surface area contributed by atoms with Crippen molar-refractivity contribution in [2.45, 2.75) is 103 Å². The molecule has 15 heteroatoms. The van der Waals surface area contributed by atoms with Gasteiger partial charge in [0.15, 0.2) is 10.8 Å². The minimum atomic E-state index is -1.14. The number of aliphatic hydroxyl groups is 3. The average molecular weight is 864 g/mol. The monoisotopic (exact) mass is 863 g/mol. The topological polar surface area (TPSA) is 195 Å². The lowest BCUT2D eigenvalue weighted by Gasteiger charge is -2.69. The number of hydrogen-bond acceptors (Lipinski definition) is 12. The van der Waals surface area contributed by atoms with E-state index in [9.17, 15) is 24.9 Å². The summed E-state index contributed by atoms with van der Waals surface area (Å²) in [5.41, 5.74) is 5.49. The van der Waals surface area contributed by atoms with E-state index < -0.39 is 24.8 Å². The second-order valence-corrected chi connectivity index (χ2v) is 20.3. The van der Waals surface area contributed by atoms with Crippen LogP contribution in [0.4, 0.5) is 10.9 Å². The molecule has 0 saturated heterocycles. The number of aliphatic hydroxyl groups excluding tert-OH is 3. The van der Waals surface area contributed by atoms with Crippen LogP contribution in [0.15, 0.2) is 60.8 Å². The van der Waals surface area contributed by atoms with Crippen molar-refractivity contribution in [1.29, 1.82) is 0 Å². The minimum Gasteiger partial charge on any atom is -0.476 e. The van der Waals surface area contributed by atoms with E-state index in [4.69, 9.17) is 19.9 Å². The molecule has 3 aromatic heterocycles. The highest BCUT2D eigenvalue weighted by Crippen LogP contribution is 2.72. The number of nitrogens with one attached hydrogen (secondary N) is 2. The number of carbonyl (C=O) groups is 2. The number of benzene rings is 2. The summed E-state index contributed by atoms with van der Waals surface area (Å²) in [6.07, 6.45) is 7.00. The molecule has 4 aliphatic carbocycles. The number of anilines is 2. The summed E-state index contributed by atoms with van der Waals surface area (Å²) in [7, 11) is 0. The van der Waals surface area contributed by atoms with Crippen LogP contribution in [0.25, 0.3) is 21.3 Å². The number of rotatable bonds is 16. The highest BCUT2D eigenvalue weighted by Gasteiger charge is 2.66. The first-order valence-corrected chi connectivity index (χ1v) is 22.6. The van der Waals surface area contributed by atoms with Crippen molar-refractivity contribution in [3.8, 4) is 11.1 Å². The largest absolute Gasteiger partial charge is 0.476 e. The molecule has 5 aliphatic rings. The quantitative estimate of drug-likeness (QED) is 0.0616. The number of carboxylic acid groups (broad SMARTS) is 1. The predicted molar refractivity (Wildman–Crippen MR) is 238 cm³/mol. The number of aromatic nitrogens is 4. The maximum absolute atomic E-state index is 13.7. The van der Waals surface area contributed by atoms with Gasteiger partial charge in [0.2, 0.25) is 0 Å². The molecule has 2 aromatic carbocycles. The van der Waals surface area contributed by atoms with Gasteiger partial charge in [0.25, 0.3) is 5.91 Å². The van der Waals surface area contributed by atoms with Crippen LogP contribution in [-0.2, 0) is 24.2 Å². The van der Waals surface area contributed by atoms with Gasteiger partial charge in [0.05, 0.1) is 41.3 Å². The van der Waals surface area contributed by atoms with E-state index in [1.54, 1.807) is 6.20 Å². The fourth-order valence-electron chi connectivity index (χ4n) is 12.5. The van der Waals surface area contributed by atoms with Crippen molar-refractivity contribution in [3.63, 3.8) is 0 Å². The zero-order valence-corrected chi connectivity index (χ0v) is 36.5. The van der Waals surface area contributed by atoms with Gasteiger partial charge >= 0.3 is 5.97 Å². The number of pyridine rings is 1. The fourth-order valence-corrected chi connectivity index (χ4v) is 13.3. The number of amides is 1. The molecule has 1 amide bonds. The zero-order valence-electron chi connectivity index (χ0n) is 35.7. The van der Waals surface area contributed by atoms with Crippen LogP contribution in [0.5, 0.6) is 0 Å². The molecular weight excluding hydrogens is 807 g/mol. The van der Waals surface area contributed by atoms with E-state index in [-0.39, 0.29) is 33.4 Å². The van der Waals surface area contributed by atoms with Gasteiger partial charge in [-0.1, -0.05) is 49.4 Å². The number of ether oxygens (including phenoxy) is 1. The van der Waals surface area contributed by atoms with Crippen LogP contribution in [0, 0.1) is 23.2 Å². The van der Waals surface area contributed by atoms with E-state index in [0.29, 0.717) is 74.2 Å². The first-order valence-electron chi connectivity index (χ1n) is 21.8. The van der Waals surface area contributed by atoms with Crippen LogP contribution in [0.3, 0.4) is 0 Å². The molecule has 0 spiro atoms. The maximum atomic E-state index is 13.7. The van der Waals surface area contributed by atoms with Crippen molar-refractivity contribution in [2.75, 3.05) is 43.1 Å². The molecule has 1 aliphatic heterocycles. The Morgan fingerprint density at radius 3 is 2.47 bits per heavy atom. The number of aromatic carboxylic acids is 1. The number of hydrogen-bond donors (Lipinski definition) is 6. The molecule has 10 rings (SSSR count). The number of para-hydroxylation sites is 1. The molecular formula is C47H57N7O7S. The Morgan fingerprint density at radius 1 is 0.919 bits per heavy atom. The smallest absolute Gasteiger partial charge is 0.355 e. The molecule has 4 saturated carbocycles. The lowest BCUT2D eigenvalue weighted by atomic mass is 9.39. The van der Waals surface area contributed by atoms with E-state index in [1.807, 2.05) is 66.4 Å². The van der Waals surface area contributed by atoms with Gasteiger partial charge in [-0.15, -0.1) is 0 Å². The number of fused-ring (bicyclic) bond motifs is 2. The molecule has 6 N–H and O–H groups in total. The van der Waals surface area contributed by atoms with Crippen LogP contribution < -0.4 is 15.5 Å². The molecule has 4 heterocycles. The number of carboxylic acids is 1. The fraction of sp³-hybridized carbons (Fsp3) is 0.511. The molecule has 4 atom stereocenters. The van der Waals surface area contributed by atoms with Crippen LogP contribution in [-0.4, -0.2) is 103 Å². The predicted octanol–water partition coefficient (Wildman–Crippen LogP) is 6.21. The van der Waals surface area contributed by atoms with Crippen LogP contribution in [0.1, 0.15) is 96.5 Å². The first kappa shape index (κ1) is 42.5. The third kappa shape index (κ3) is 8.26. The Bertz CT molecular complexity index is 2450. The van der Waals surface area contributed by atoms with Crippen molar-refractivity contribution in [1.82, 2.24) is 25.1 Å². The Balaban J connectivity index is 0.903. The normalized spacial score (nSPS) is 26.1. The Hall–Kier alpha value is -4.77. The molecule has 2 unspecified atom stereocenters. The molecule has 5 aromatic rings. The van der Waals surface area contributed by atoms with Gasteiger partial charge < -0.3 is 35.4 Å². The number of thiazole rings is 1. The molecule has 14 nitrogen and oxygen atoms in total. The van der Waals surface area contributed by atoms with Gasteiger partial charge in [0, 0.05) is 48.6 Å². The molecule has 4 fully saturated rings. The highest BCUT2D eigenvalue weighted by molar-refractivity contribution is 7.22. The maximum Gasteiger partial charge on any atom is 0.355 e. The van der Waals surface area contributed by atoms with Gasteiger partial charge in [0.1, 0.15) is 11.9 Å². The Kier molecular flexibility index (Phi) is 11.3. The second-order valence-electron chi connectivity index (χ2n) is 19.3. The summed E-state index contributed by atoms with van der Waals surface area (Å²) in [6.45, 7) is 9.80. The van der Waals surface area contributed by atoms with E-state index in [1.165, 1.54) is 17.8 Å². The summed E-state index contributed by atoms with van der Waals surface area (Å²) < 4.78 is 9.91. The van der Waals surface area contributed by atoms with Crippen molar-refractivity contribution in [2.24, 2.45) is 16.2 Å². The lowest BCUT2D eigenvalue weighted by Crippen LogP contribution is -2.64. The van der Waals surface area contributed by atoms with E-state index >= 15 is 0 Å². The summed E-state index contributed by atoms with van der Waals surface area (Å²) >= 11 is 1.43. The average Bonchev–Trinajstić information content (AvgIpc) is 3.80. The van der Waals surface area contributed by atoms with Crippen molar-refractivity contribution in [3.05, 3.63) is 88.9 Å². The highest BCUT2D eigenvalue weighted by atomic mass is 32.1. The van der Waals surface area contributed by atoms with Gasteiger partial charge in [-0.3, -0.25) is 14.8 Å². The summed E-state index contributed by atoms with van der Waals surface area (Å²) in [4.78, 5) is 38.0.